The zero-order valence-electron chi connectivity index (χ0n) is 15.2. The zero-order chi connectivity index (χ0) is 19.8. The Morgan fingerprint density at radius 3 is 2.29 bits per heavy atom. The number of hydrogen-bond acceptors (Lipinski definition) is 5. The quantitative estimate of drug-likeness (QED) is 0.592. The molecule has 7 nitrogen and oxygen atoms in total. The summed E-state index contributed by atoms with van der Waals surface area (Å²) in [6.07, 6.45) is 2.83. The molecule has 3 aliphatic rings. The van der Waals surface area contributed by atoms with E-state index in [2.05, 4.69) is 5.32 Å². The molecule has 4 atom stereocenters. The molecule has 0 aromatic heterocycles. The lowest BCUT2D eigenvalue weighted by Crippen LogP contribution is -2.35. The second-order valence-electron chi connectivity index (χ2n) is 7.68. The Balaban J connectivity index is 1.22. The third kappa shape index (κ3) is 3.39. The number of nitrogens with one attached hydrogen (secondary N) is 1. The lowest BCUT2D eigenvalue weighted by molar-refractivity contribution is -0.149. The van der Waals surface area contributed by atoms with Gasteiger partial charge >= 0.3 is 5.97 Å². The van der Waals surface area contributed by atoms with E-state index in [9.17, 15) is 23.6 Å². The Morgan fingerprint density at radius 2 is 1.68 bits per heavy atom. The Kier molecular flexibility index (Phi) is 4.87. The molecule has 1 saturated heterocycles. The third-order valence-corrected chi connectivity index (χ3v) is 6.05. The molecule has 2 saturated carbocycles. The maximum atomic E-state index is 12.8. The molecule has 2 bridgehead atoms. The summed E-state index contributed by atoms with van der Waals surface area (Å²) in [5, 5.41) is 2.48. The molecule has 0 spiro atoms. The number of hydrogen-bond donors (Lipinski definition) is 1. The summed E-state index contributed by atoms with van der Waals surface area (Å²) in [6, 6.07) is 5.19. The van der Waals surface area contributed by atoms with Crippen LogP contribution in [0.15, 0.2) is 24.3 Å². The van der Waals surface area contributed by atoms with Gasteiger partial charge in [0.1, 0.15) is 5.82 Å². The Morgan fingerprint density at radius 1 is 1.07 bits per heavy atom. The molecule has 4 rings (SSSR count). The molecule has 148 valence electrons. The van der Waals surface area contributed by atoms with Crippen LogP contribution in [0.1, 0.15) is 25.7 Å². The number of esters is 1. The third-order valence-electron chi connectivity index (χ3n) is 6.05. The van der Waals surface area contributed by atoms with Crippen LogP contribution in [0.25, 0.3) is 0 Å². The van der Waals surface area contributed by atoms with Crippen LogP contribution in [0.4, 0.5) is 10.1 Å². The highest BCUT2D eigenvalue weighted by molar-refractivity contribution is 6.06. The number of nitrogens with zero attached hydrogens (tertiary/aromatic N) is 1. The van der Waals surface area contributed by atoms with Crippen molar-refractivity contribution < 1.29 is 28.3 Å². The Labute approximate surface area is 161 Å². The largest absolute Gasteiger partial charge is 0.456 e. The number of rotatable bonds is 6. The minimum absolute atomic E-state index is 0.0114. The molecule has 0 radical (unpaired) electrons. The van der Waals surface area contributed by atoms with Crippen molar-refractivity contribution in [3.05, 3.63) is 30.1 Å². The molecule has 1 aromatic rings. The average molecular weight is 388 g/mol. The Bertz CT molecular complexity index is 796. The molecule has 1 aliphatic heterocycles. The normalized spacial score (nSPS) is 27.8. The van der Waals surface area contributed by atoms with Gasteiger partial charge in [-0.1, -0.05) is 0 Å². The molecule has 3 fully saturated rings. The first kappa shape index (κ1) is 18.6. The van der Waals surface area contributed by atoms with E-state index in [1.54, 1.807) is 0 Å². The Hall–Kier alpha value is -2.77. The van der Waals surface area contributed by atoms with Crippen molar-refractivity contribution in [2.75, 3.05) is 18.5 Å². The van der Waals surface area contributed by atoms with Gasteiger partial charge in [-0.3, -0.25) is 24.1 Å². The fourth-order valence-corrected chi connectivity index (χ4v) is 4.84. The lowest BCUT2D eigenvalue weighted by Gasteiger charge is -2.19. The van der Waals surface area contributed by atoms with Crippen molar-refractivity contribution in [3.63, 3.8) is 0 Å². The molecular weight excluding hydrogens is 367 g/mol. The summed E-state index contributed by atoms with van der Waals surface area (Å²) in [5.41, 5.74) is 0.386. The topological polar surface area (TPSA) is 92.8 Å². The van der Waals surface area contributed by atoms with Gasteiger partial charge in [0.05, 0.1) is 18.3 Å². The minimum atomic E-state index is -0.658. The first-order valence-electron chi connectivity index (χ1n) is 9.50. The molecule has 3 amide bonds. The van der Waals surface area contributed by atoms with Gasteiger partial charge in [-0.05, 0) is 55.4 Å². The number of benzene rings is 1. The number of amides is 3. The predicted molar refractivity (Wildman–Crippen MR) is 95.1 cm³/mol. The molecule has 1 aromatic carbocycles. The van der Waals surface area contributed by atoms with Gasteiger partial charge in [0, 0.05) is 12.2 Å². The van der Waals surface area contributed by atoms with Gasteiger partial charge in [-0.25, -0.2) is 4.39 Å². The van der Waals surface area contributed by atoms with Crippen molar-refractivity contribution in [1.82, 2.24) is 4.90 Å². The van der Waals surface area contributed by atoms with Crippen LogP contribution >= 0.6 is 0 Å². The lowest BCUT2D eigenvalue weighted by atomic mass is 9.81. The van der Waals surface area contributed by atoms with Gasteiger partial charge in [0.2, 0.25) is 11.8 Å². The highest BCUT2D eigenvalue weighted by Crippen LogP contribution is 2.56. The fourth-order valence-electron chi connectivity index (χ4n) is 4.84. The van der Waals surface area contributed by atoms with E-state index < -0.39 is 24.3 Å². The molecule has 2 aliphatic carbocycles. The van der Waals surface area contributed by atoms with Crippen LogP contribution in [0.2, 0.25) is 0 Å². The van der Waals surface area contributed by atoms with Crippen LogP contribution in [0, 0.1) is 29.5 Å². The maximum absolute atomic E-state index is 12.8. The number of carbonyl (C=O) groups is 4. The molecule has 8 heteroatoms. The summed E-state index contributed by atoms with van der Waals surface area (Å²) < 4.78 is 17.7. The van der Waals surface area contributed by atoms with E-state index in [1.807, 2.05) is 0 Å². The molecule has 1 N–H and O–H groups in total. The average Bonchev–Trinajstić information content (AvgIpc) is 3.35. The smallest absolute Gasteiger partial charge is 0.308 e. The fraction of sp³-hybridized carbons (Fsp3) is 0.500. The van der Waals surface area contributed by atoms with Gasteiger partial charge in [0.15, 0.2) is 6.61 Å². The zero-order valence-corrected chi connectivity index (χ0v) is 15.2. The number of anilines is 1. The number of ether oxygens (including phenoxy) is 1. The van der Waals surface area contributed by atoms with E-state index >= 15 is 0 Å². The first-order chi connectivity index (χ1) is 13.4. The standard InChI is InChI=1S/C20H21FN2O5/c21-13-3-5-14(6-4-13)22-15(24)10-28-16(25)7-8-23-19(26)17-11-1-2-12(9-11)18(17)20(23)27/h3-6,11-12,17-18H,1-2,7-10H2,(H,22,24). The number of likely N-dealkylation sites (tertiary alicyclic amines) is 1. The molecule has 4 unspecified atom stereocenters. The van der Waals surface area contributed by atoms with Crippen molar-refractivity contribution in [2.24, 2.45) is 23.7 Å². The summed E-state index contributed by atoms with van der Waals surface area (Å²) in [5.74, 6) is -1.76. The van der Waals surface area contributed by atoms with Crippen molar-refractivity contribution in [1.29, 1.82) is 0 Å². The number of imide groups is 1. The molecular formula is C20H21FN2O5. The van der Waals surface area contributed by atoms with Gasteiger partial charge < -0.3 is 10.1 Å². The van der Waals surface area contributed by atoms with Crippen molar-refractivity contribution >= 4 is 29.4 Å². The highest BCUT2D eigenvalue weighted by Gasteiger charge is 2.60. The van der Waals surface area contributed by atoms with Crippen molar-refractivity contribution in [3.8, 4) is 0 Å². The van der Waals surface area contributed by atoms with Crippen LogP contribution in [0.3, 0.4) is 0 Å². The monoisotopic (exact) mass is 388 g/mol. The van der Waals surface area contributed by atoms with E-state index in [0.717, 1.165) is 19.3 Å². The van der Waals surface area contributed by atoms with Crippen LogP contribution in [-0.2, 0) is 23.9 Å². The van der Waals surface area contributed by atoms with E-state index in [0.29, 0.717) is 17.5 Å². The summed E-state index contributed by atoms with van der Waals surface area (Å²) in [4.78, 5) is 50.0. The van der Waals surface area contributed by atoms with Gasteiger partial charge in [-0.2, -0.15) is 0 Å². The SMILES string of the molecule is O=C(COC(=O)CCN1C(=O)C2C3CCC(C3)C2C1=O)Nc1ccc(F)cc1. The van der Waals surface area contributed by atoms with Crippen LogP contribution < -0.4 is 5.32 Å². The summed E-state index contributed by atoms with van der Waals surface area (Å²) in [7, 11) is 0. The van der Waals surface area contributed by atoms with Crippen LogP contribution in [-0.4, -0.2) is 41.7 Å². The van der Waals surface area contributed by atoms with Gasteiger partial charge in [0.25, 0.3) is 5.91 Å². The molecule has 28 heavy (non-hydrogen) atoms. The van der Waals surface area contributed by atoms with E-state index in [4.69, 9.17) is 4.74 Å². The highest BCUT2D eigenvalue weighted by atomic mass is 19.1. The first-order valence-corrected chi connectivity index (χ1v) is 9.50. The number of fused-ring (bicyclic) bond motifs is 5. The maximum Gasteiger partial charge on any atom is 0.308 e. The predicted octanol–water partition coefficient (Wildman–Crippen LogP) is 1.73. The number of halogens is 1. The second kappa shape index (κ2) is 7.33. The van der Waals surface area contributed by atoms with E-state index in [-0.39, 0.29) is 36.6 Å². The minimum Gasteiger partial charge on any atom is -0.456 e. The van der Waals surface area contributed by atoms with Crippen molar-refractivity contribution in [2.45, 2.75) is 25.7 Å². The summed E-state index contributed by atoms with van der Waals surface area (Å²) >= 11 is 0. The van der Waals surface area contributed by atoms with Crippen LogP contribution in [0.5, 0.6) is 0 Å². The van der Waals surface area contributed by atoms with E-state index in [1.165, 1.54) is 29.2 Å². The van der Waals surface area contributed by atoms with Gasteiger partial charge in [-0.15, -0.1) is 0 Å². The molecule has 1 heterocycles. The number of carbonyl (C=O) groups excluding carboxylic acids is 4. The summed E-state index contributed by atoms with van der Waals surface area (Å²) in [6.45, 7) is -0.504. The second-order valence-corrected chi connectivity index (χ2v) is 7.68.